The van der Waals surface area contributed by atoms with Crippen molar-refractivity contribution in [1.29, 1.82) is 0 Å². The minimum atomic E-state index is -2.84. The molecule has 1 aliphatic heterocycles. The summed E-state index contributed by atoms with van der Waals surface area (Å²) >= 11 is 7.39. The van der Waals surface area contributed by atoms with Gasteiger partial charge in [-0.3, -0.25) is 0 Å². The molecule has 6 heteroatoms. The van der Waals surface area contributed by atoms with E-state index in [1.165, 1.54) is 11.3 Å². The van der Waals surface area contributed by atoms with E-state index in [4.69, 9.17) is 11.6 Å². The van der Waals surface area contributed by atoms with E-state index in [9.17, 15) is 8.42 Å². The van der Waals surface area contributed by atoms with Gasteiger partial charge in [-0.2, -0.15) is 0 Å². The average molecular weight is 294 g/mol. The molecular weight excluding hydrogens is 278 g/mol. The van der Waals surface area contributed by atoms with E-state index in [2.05, 4.69) is 5.32 Å². The van der Waals surface area contributed by atoms with Gasteiger partial charge in [0.2, 0.25) is 0 Å². The SMILES string of the molecule is CC(NC1CCCS(=O)(=O)C1)c1csc(Cl)c1. The molecule has 1 N–H and O–H groups in total. The van der Waals surface area contributed by atoms with Crippen molar-refractivity contribution in [3.8, 4) is 0 Å². The molecule has 2 heterocycles. The van der Waals surface area contributed by atoms with Gasteiger partial charge in [0.25, 0.3) is 0 Å². The van der Waals surface area contributed by atoms with Crippen molar-refractivity contribution in [3.05, 3.63) is 21.3 Å². The summed E-state index contributed by atoms with van der Waals surface area (Å²) in [5.74, 6) is 0.596. The molecule has 96 valence electrons. The van der Waals surface area contributed by atoms with Crippen molar-refractivity contribution in [2.45, 2.75) is 31.8 Å². The smallest absolute Gasteiger partial charge is 0.151 e. The predicted molar refractivity (Wildman–Crippen MR) is 72.6 cm³/mol. The topological polar surface area (TPSA) is 46.2 Å². The van der Waals surface area contributed by atoms with E-state index < -0.39 is 9.84 Å². The monoisotopic (exact) mass is 293 g/mol. The summed E-state index contributed by atoms with van der Waals surface area (Å²) in [7, 11) is -2.84. The van der Waals surface area contributed by atoms with Crippen LogP contribution in [-0.2, 0) is 9.84 Å². The van der Waals surface area contributed by atoms with E-state index in [0.717, 1.165) is 22.7 Å². The van der Waals surface area contributed by atoms with Crippen LogP contribution in [0.15, 0.2) is 11.4 Å². The third kappa shape index (κ3) is 3.68. The number of thiophene rings is 1. The second kappa shape index (κ2) is 5.26. The van der Waals surface area contributed by atoms with Crippen molar-refractivity contribution in [3.63, 3.8) is 0 Å². The number of hydrogen-bond acceptors (Lipinski definition) is 4. The second-order valence-electron chi connectivity index (χ2n) is 4.53. The molecule has 17 heavy (non-hydrogen) atoms. The number of nitrogens with one attached hydrogen (secondary N) is 1. The number of sulfone groups is 1. The minimum absolute atomic E-state index is 0.0717. The Morgan fingerprint density at radius 3 is 2.94 bits per heavy atom. The van der Waals surface area contributed by atoms with Gasteiger partial charge in [-0.15, -0.1) is 11.3 Å². The molecule has 0 saturated carbocycles. The van der Waals surface area contributed by atoms with Gasteiger partial charge in [0.15, 0.2) is 9.84 Å². The Morgan fingerprint density at radius 2 is 2.35 bits per heavy atom. The van der Waals surface area contributed by atoms with Crippen molar-refractivity contribution >= 4 is 32.8 Å². The third-order valence-corrected chi connectivity index (χ3v) is 5.97. The van der Waals surface area contributed by atoms with Crippen LogP contribution in [0.2, 0.25) is 4.34 Å². The molecular formula is C11H16ClNO2S2. The molecule has 2 unspecified atom stereocenters. The second-order valence-corrected chi connectivity index (χ2v) is 8.30. The minimum Gasteiger partial charge on any atom is -0.306 e. The van der Waals surface area contributed by atoms with Gasteiger partial charge in [0.1, 0.15) is 0 Å². The molecule has 0 aliphatic carbocycles. The zero-order valence-corrected chi connectivity index (χ0v) is 12.0. The largest absolute Gasteiger partial charge is 0.306 e. The molecule has 1 aromatic rings. The van der Waals surface area contributed by atoms with Crippen LogP contribution in [0, 0.1) is 0 Å². The maximum atomic E-state index is 11.5. The summed E-state index contributed by atoms with van der Waals surface area (Å²) in [5.41, 5.74) is 1.13. The van der Waals surface area contributed by atoms with Crippen LogP contribution in [0.1, 0.15) is 31.4 Å². The Hall–Kier alpha value is -0.100. The Labute approximate surface area is 111 Å². The van der Waals surface area contributed by atoms with Crippen LogP contribution in [0.3, 0.4) is 0 Å². The van der Waals surface area contributed by atoms with Crippen molar-refractivity contribution < 1.29 is 8.42 Å². The molecule has 1 aromatic heterocycles. The number of rotatable bonds is 3. The molecule has 2 rings (SSSR count). The fourth-order valence-corrected chi connectivity index (χ4v) is 4.79. The fourth-order valence-electron chi connectivity index (χ4n) is 2.15. The Balaban J connectivity index is 1.97. The lowest BCUT2D eigenvalue weighted by Crippen LogP contribution is -2.41. The first-order chi connectivity index (χ1) is 7.96. The highest BCUT2D eigenvalue weighted by Crippen LogP contribution is 2.25. The number of halogens is 1. The maximum absolute atomic E-state index is 11.5. The van der Waals surface area contributed by atoms with Gasteiger partial charge in [-0.25, -0.2) is 8.42 Å². The van der Waals surface area contributed by atoms with Gasteiger partial charge >= 0.3 is 0 Å². The maximum Gasteiger partial charge on any atom is 0.151 e. The molecule has 0 spiro atoms. The average Bonchev–Trinajstić information content (AvgIpc) is 2.63. The molecule has 3 nitrogen and oxygen atoms in total. The van der Waals surface area contributed by atoms with E-state index in [-0.39, 0.29) is 17.8 Å². The summed E-state index contributed by atoms with van der Waals surface area (Å²) in [4.78, 5) is 0. The standard InChI is InChI=1S/C11H16ClNO2S2/c1-8(9-5-11(12)16-6-9)13-10-3-2-4-17(14,15)7-10/h5-6,8,10,13H,2-4,7H2,1H3. The fraction of sp³-hybridized carbons (Fsp3) is 0.636. The van der Waals surface area contributed by atoms with Crippen molar-refractivity contribution in [2.24, 2.45) is 0 Å². The molecule has 1 fully saturated rings. The van der Waals surface area contributed by atoms with Gasteiger partial charge in [-0.1, -0.05) is 11.6 Å². The lowest BCUT2D eigenvalue weighted by molar-refractivity contribution is 0.438. The number of hydrogen-bond donors (Lipinski definition) is 1. The Morgan fingerprint density at radius 1 is 1.59 bits per heavy atom. The zero-order chi connectivity index (χ0) is 12.5. The summed E-state index contributed by atoms with van der Waals surface area (Å²) < 4.78 is 23.8. The highest BCUT2D eigenvalue weighted by atomic mass is 35.5. The first kappa shape index (κ1) is 13.3. The quantitative estimate of drug-likeness (QED) is 0.932. The predicted octanol–water partition coefficient (Wildman–Crippen LogP) is 2.63. The van der Waals surface area contributed by atoms with E-state index in [0.29, 0.717) is 5.75 Å². The third-order valence-electron chi connectivity index (χ3n) is 3.04. The van der Waals surface area contributed by atoms with Crippen molar-refractivity contribution in [1.82, 2.24) is 5.32 Å². The van der Waals surface area contributed by atoms with Crippen LogP contribution < -0.4 is 5.32 Å². The highest BCUT2D eigenvalue weighted by molar-refractivity contribution is 7.91. The lowest BCUT2D eigenvalue weighted by Gasteiger charge is -2.26. The summed E-state index contributed by atoms with van der Waals surface area (Å²) in [6, 6.07) is 2.15. The van der Waals surface area contributed by atoms with Crippen LogP contribution in [0.4, 0.5) is 0 Å². The summed E-state index contributed by atoms with van der Waals surface area (Å²) in [6.45, 7) is 2.04. The first-order valence-corrected chi connectivity index (χ1v) is 8.74. The van der Waals surface area contributed by atoms with Gasteiger partial charge < -0.3 is 5.32 Å². The summed E-state index contributed by atoms with van der Waals surface area (Å²) in [6.07, 6.45) is 1.69. The van der Waals surface area contributed by atoms with E-state index in [1.807, 2.05) is 18.4 Å². The molecule has 0 bridgehead atoms. The lowest BCUT2D eigenvalue weighted by atomic mass is 10.1. The first-order valence-electron chi connectivity index (χ1n) is 5.67. The molecule has 0 radical (unpaired) electrons. The van der Waals surface area contributed by atoms with Crippen LogP contribution in [0.25, 0.3) is 0 Å². The van der Waals surface area contributed by atoms with Gasteiger partial charge in [0, 0.05) is 12.1 Å². The van der Waals surface area contributed by atoms with Crippen LogP contribution >= 0.6 is 22.9 Å². The van der Waals surface area contributed by atoms with E-state index >= 15 is 0 Å². The van der Waals surface area contributed by atoms with E-state index in [1.54, 1.807) is 0 Å². The molecule has 2 atom stereocenters. The van der Waals surface area contributed by atoms with Crippen molar-refractivity contribution in [2.75, 3.05) is 11.5 Å². The molecule has 1 aliphatic rings. The Bertz CT molecular complexity index is 483. The molecule has 0 aromatic carbocycles. The van der Waals surface area contributed by atoms with Crippen LogP contribution in [0.5, 0.6) is 0 Å². The normalized spacial score (nSPS) is 25.6. The Kier molecular flexibility index (Phi) is 4.13. The molecule has 0 amide bonds. The van der Waals surface area contributed by atoms with Gasteiger partial charge in [0.05, 0.1) is 15.8 Å². The zero-order valence-electron chi connectivity index (χ0n) is 9.65. The van der Waals surface area contributed by atoms with Gasteiger partial charge in [-0.05, 0) is 36.8 Å². The highest BCUT2D eigenvalue weighted by Gasteiger charge is 2.25. The molecule has 1 saturated heterocycles. The van der Waals surface area contributed by atoms with Crippen LogP contribution in [-0.4, -0.2) is 26.0 Å². The summed E-state index contributed by atoms with van der Waals surface area (Å²) in [5, 5.41) is 5.38.